The molecule has 1 saturated heterocycles. The minimum absolute atomic E-state index is 0.0266. The van der Waals surface area contributed by atoms with Crippen LogP contribution in [0.3, 0.4) is 0 Å². The molecular weight excluding hydrogens is 263 g/mol. The van der Waals surface area contributed by atoms with Gasteiger partial charge in [0.2, 0.25) is 0 Å². The molecule has 92 valence electrons. The molecule has 0 radical (unpaired) electrons. The lowest BCUT2D eigenvalue weighted by Gasteiger charge is -2.12. The number of halogens is 2. The van der Waals surface area contributed by atoms with E-state index in [-0.39, 0.29) is 22.0 Å². The number of hydrogen-bond acceptors (Lipinski definition) is 3. The van der Waals surface area contributed by atoms with Gasteiger partial charge in [-0.2, -0.15) is 0 Å². The first-order chi connectivity index (χ1) is 8.08. The van der Waals surface area contributed by atoms with Gasteiger partial charge in [0.05, 0.1) is 28.3 Å². The van der Waals surface area contributed by atoms with Gasteiger partial charge in [0, 0.05) is 12.3 Å². The molecule has 1 aromatic rings. The van der Waals surface area contributed by atoms with Crippen molar-refractivity contribution in [3.05, 3.63) is 27.7 Å². The minimum atomic E-state index is -0.278. The predicted molar refractivity (Wildman–Crippen MR) is 67.6 cm³/mol. The molecule has 1 fully saturated rings. The zero-order valence-corrected chi connectivity index (χ0v) is 10.5. The van der Waals surface area contributed by atoms with E-state index in [2.05, 4.69) is 5.32 Å². The monoisotopic (exact) mass is 274 g/mol. The summed E-state index contributed by atoms with van der Waals surface area (Å²) in [5, 5.41) is 3.32. The highest BCUT2D eigenvalue weighted by atomic mass is 35.5. The van der Waals surface area contributed by atoms with Gasteiger partial charge in [-0.1, -0.05) is 23.2 Å². The molecule has 0 saturated carbocycles. The van der Waals surface area contributed by atoms with Gasteiger partial charge < -0.3 is 15.8 Å². The summed E-state index contributed by atoms with van der Waals surface area (Å²) in [6.45, 7) is 1.19. The number of carbonyl (C=O) groups is 1. The van der Waals surface area contributed by atoms with Crippen LogP contribution < -0.4 is 11.1 Å². The lowest BCUT2D eigenvalue weighted by molar-refractivity contribution is 0.0930. The van der Waals surface area contributed by atoms with Gasteiger partial charge in [0.25, 0.3) is 5.91 Å². The standard InChI is InChI=1S/C11H12Cl2N2O2/c12-9-4-6(14)3-8(10(9)13)11(16)15-7-1-2-17-5-7/h3-4,7H,1-2,5,14H2,(H,15,16). The third-order valence-electron chi connectivity index (χ3n) is 2.56. The fourth-order valence-electron chi connectivity index (χ4n) is 1.69. The molecule has 4 nitrogen and oxygen atoms in total. The van der Waals surface area contributed by atoms with E-state index in [1.165, 1.54) is 12.1 Å². The average molecular weight is 275 g/mol. The van der Waals surface area contributed by atoms with Crippen molar-refractivity contribution in [2.24, 2.45) is 0 Å². The van der Waals surface area contributed by atoms with E-state index in [0.717, 1.165) is 6.42 Å². The Labute approximate surface area is 109 Å². The SMILES string of the molecule is Nc1cc(Cl)c(Cl)c(C(=O)NC2CCOC2)c1. The Morgan fingerprint density at radius 3 is 2.88 bits per heavy atom. The summed E-state index contributed by atoms with van der Waals surface area (Å²) in [5.41, 5.74) is 6.33. The zero-order chi connectivity index (χ0) is 12.4. The molecular formula is C11H12Cl2N2O2. The van der Waals surface area contributed by atoms with Crippen LogP contribution in [0.5, 0.6) is 0 Å². The number of carbonyl (C=O) groups excluding carboxylic acids is 1. The zero-order valence-electron chi connectivity index (χ0n) is 9.00. The van der Waals surface area contributed by atoms with Gasteiger partial charge in [-0.3, -0.25) is 4.79 Å². The maximum absolute atomic E-state index is 12.0. The molecule has 0 bridgehead atoms. The van der Waals surface area contributed by atoms with Gasteiger partial charge in [0.1, 0.15) is 0 Å². The first-order valence-corrected chi connectivity index (χ1v) is 5.96. The van der Waals surface area contributed by atoms with E-state index in [1.54, 1.807) is 0 Å². The van der Waals surface area contributed by atoms with Gasteiger partial charge in [-0.05, 0) is 18.6 Å². The van der Waals surface area contributed by atoms with Crippen molar-refractivity contribution in [3.8, 4) is 0 Å². The van der Waals surface area contributed by atoms with Crippen LogP contribution in [0.25, 0.3) is 0 Å². The number of amides is 1. The fourth-order valence-corrected chi connectivity index (χ4v) is 2.11. The molecule has 2 rings (SSSR count). The number of nitrogens with one attached hydrogen (secondary N) is 1. The van der Waals surface area contributed by atoms with E-state index in [1.807, 2.05) is 0 Å². The third-order valence-corrected chi connectivity index (χ3v) is 3.36. The minimum Gasteiger partial charge on any atom is -0.399 e. The smallest absolute Gasteiger partial charge is 0.253 e. The van der Waals surface area contributed by atoms with Crippen molar-refractivity contribution in [2.75, 3.05) is 18.9 Å². The molecule has 1 atom stereocenters. The molecule has 1 heterocycles. The van der Waals surface area contributed by atoms with E-state index < -0.39 is 0 Å². The van der Waals surface area contributed by atoms with Crippen molar-refractivity contribution in [1.29, 1.82) is 0 Å². The molecule has 0 spiro atoms. The molecule has 0 aliphatic carbocycles. The van der Waals surface area contributed by atoms with E-state index in [0.29, 0.717) is 24.5 Å². The summed E-state index contributed by atoms with van der Waals surface area (Å²) in [6.07, 6.45) is 0.805. The second-order valence-electron chi connectivity index (χ2n) is 3.90. The molecule has 3 N–H and O–H groups in total. The largest absolute Gasteiger partial charge is 0.399 e. The maximum atomic E-state index is 12.0. The second kappa shape index (κ2) is 5.12. The Balaban J connectivity index is 2.18. The number of nitrogens with two attached hydrogens (primary N) is 1. The Morgan fingerprint density at radius 2 is 2.24 bits per heavy atom. The number of rotatable bonds is 2. The van der Waals surface area contributed by atoms with Crippen LogP contribution >= 0.6 is 23.2 Å². The molecule has 1 aliphatic rings. The second-order valence-corrected chi connectivity index (χ2v) is 4.68. The van der Waals surface area contributed by atoms with Crippen LogP contribution in [-0.2, 0) is 4.74 Å². The summed E-state index contributed by atoms with van der Waals surface area (Å²) >= 11 is 11.8. The molecule has 1 aromatic carbocycles. The third kappa shape index (κ3) is 2.83. The Kier molecular flexibility index (Phi) is 3.76. The van der Waals surface area contributed by atoms with Crippen molar-refractivity contribution in [1.82, 2.24) is 5.32 Å². The predicted octanol–water partition coefficient (Wildman–Crippen LogP) is 2.09. The summed E-state index contributed by atoms with van der Waals surface area (Å²) in [4.78, 5) is 12.0. The van der Waals surface area contributed by atoms with E-state index in [4.69, 9.17) is 33.7 Å². The molecule has 1 aliphatic heterocycles. The summed E-state index contributed by atoms with van der Waals surface area (Å²) < 4.78 is 5.17. The van der Waals surface area contributed by atoms with E-state index >= 15 is 0 Å². The average Bonchev–Trinajstić information content (AvgIpc) is 2.76. The Hall–Kier alpha value is -0.970. The normalized spacial score (nSPS) is 19.3. The number of ether oxygens (including phenoxy) is 1. The summed E-state index contributed by atoms with van der Waals surface area (Å²) in [6, 6.07) is 3.05. The maximum Gasteiger partial charge on any atom is 0.253 e. The Bertz CT molecular complexity index is 445. The topological polar surface area (TPSA) is 64.4 Å². The van der Waals surface area contributed by atoms with Gasteiger partial charge in [-0.25, -0.2) is 0 Å². The van der Waals surface area contributed by atoms with Crippen LogP contribution in [0.4, 0.5) is 5.69 Å². The van der Waals surface area contributed by atoms with Crippen LogP contribution in [0, 0.1) is 0 Å². The van der Waals surface area contributed by atoms with Crippen LogP contribution in [0.1, 0.15) is 16.8 Å². The van der Waals surface area contributed by atoms with Crippen molar-refractivity contribution in [2.45, 2.75) is 12.5 Å². The molecule has 0 aromatic heterocycles. The van der Waals surface area contributed by atoms with Crippen molar-refractivity contribution in [3.63, 3.8) is 0 Å². The molecule has 6 heteroatoms. The van der Waals surface area contributed by atoms with Crippen LogP contribution in [-0.4, -0.2) is 25.2 Å². The highest BCUT2D eigenvalue weighted by Crippen LogP contribution is 2.28. The van der Waals surface area contributed by atoms with Gasteiger partial charge in [-0.15, -0.1) is 0 Å². The highest BCUT2D eigenvalue weighted by Gasteiger charge is 2.21. The lowest BCUT2D eigenvalue weighted by Crippen LogP contribution is -2.35. The van der Waals surface area contributed by atoms with Crippen LogP contribution in [0.15, 0.2) is 12.1 Å². The number of benzene rings is 1. The Morgan fingerprint density at radius 1 is 1.47 bits per heavy atom. The lowest BCUT2D eigenvalue weighted by atomic mass is 10.1. The van der Waals surface area contributed by atoms with Crippen LogP contribution in [0.2, 0.25) is 10.0 Å². The molecule has 1 amide bonds. The first-order valence-electron chi connectivity index (χ1n) is 5.21. The van der Waals surface area contributed by atoms with E-state index in [9.17, 15) is 4.79 Å². The van der Waals surface area contributed by atoms with Gasteiger partial charge >= 0.3 is 0 Å². The highest BCUT2D eigenvalue weighted by molar-refractivity contribution is 6.44. The summed E-state index contributed by atoms with van der Waals surface area (Å²) in [5.74, 6) is -0.278. The van der Waals surface area contributed by atoms with Crippen molar-refractivity contribution >= 4 is 34.8 Å². The molecule has 17 heavy (non-hydrogen) atoms. The summed E-state index contributed by atoms with van der Waals surface area (Å²) in [7, 11) is 0. The fraction of sp³-hybridized carbons (Fsp3) is 0.364. The quantitative estimate of drug-likeness (QED) is 0.812. The number of anilines is 1. The van der Waals surface area contributed by atoms with Crippen molar-refractivity contribution < 1.29 is 9.53 Å². The molecule has 1 unspecified atom stereocenters. The van der Waals surface area contributed by atoms with Gasteiger partial charge in [0.15, 0.2) is 0 Å². The number of hydrogen-bond donors (Lipinski definition) is 2. The number of nitrogen functional groups attached to an aromatic ring is 1. The first kappa shape index (κ1) is 12.5.